The van der Waals surface area contributed by atoms with Gasteiger partial charge in [0.05, 0.1) is 11.3 Å². The van der Waals surface area contributed by atoms with Crippen molar-refractivity contribution < 1.29 is 0 Å². The third-order valence-corrected chi connectivity index (χ3v) is 3.11. The Morgan fingerprint density at radius 1 is 1.53 bits per heavy atom. The highest BCUT2D eigenvalue weighted by molar-refractivity contribution is 5.63. The fourth-order valence-corrected chi connectivity index (χ4v) is 2.01. The number of nitrogen functional groups attached to an aromatic ring is 1. The summed E-state index contributed by atoms with van der Waals surface area (Å²) in [4.78, 5) is 6.50. The van der Waals surface area contributed by atoms with Gasteiger partial charge in [-0.25, -0.2) is 4.98 Å². The first-order valence-electron chi connectivity index (χ1n) is 5.79. The summed E-state index contributed by atoms with van der Waals surface area (Å²) in [6.45, 7) is 2.18. The minimum absolute atomic E-state index is 0.425. The van der Waals surface area contributed by atoms with E-state index in [2.05, 4.69) is 22.2 Å². The van der Waals surface area contributed by atoms with Crippen molar-refractivity contribution in [2.24, 2.45) is 0 Å². The maximum absolute atomic E-state index is 8.73. The lowest BCUT2D eigenvalue weighted by molar-refractivity contribution is 0.263. The van der Waals surface area contributed by atoms with E-state index in [4.69, 9.17) is 11.0 Å². The van der Waals surface area contributed by atoms with Gasteiger partial charge in [-0.05, 0) is 39.0 Å². The molecular weight excluding hydrogens is 214 g/mol. The van der Waals surface area contributed by atoms with Gasteiger partial charge in [-0.3, -0.25) is 0 Å². The van der Waals surface area contributed by atoms with Crippen molar-refractivity contribution in [3.8, 4) is 6.07 Å². The minimum Gasteiger partial charge on any atom is -0.396 e. The van der Waals surface area contributed by atoms with E-state index in [1.807, 2.05) is 6.07 Å². The van der Waals surface area contributed by atoms with Gasteiger partial charge in [0.1, 0.15) is 11.9 Å². The minimum atomic E-state index is 0.425. The molecule has 2 heterocycles. The molecule has 0 aromatic carbocycles. The highest BCUT2D eigenvalue weighted by atomic mass is 15.1. The third kappa shape index (κ3) is 2.86. The Morgan fingerprint density at radius 3 is 2.82 bits per heavy atom. The van der Waals surface area contributed by atoms with E-state index in [1.165, 1.54) is 0 Å². The molecule has 0 unspecified atom stereocenters. The lowest BCUT2D eigenvalue weighted by Gasteiger charge is -2.30. The van der Waals surface area contributed by atoms with E-state index in [0.29, 0.717) is 23.1 Å². The Labute approximate surface area is 101 Å². The molecule has 1 aromatic rings. The van der Waals surface area contributed by atoms with Crippen LogP contribution in [0, 0.1) is 11.3 Å². The SMILES string of the molecule is CN1CCC(Nc2ncc(C#N)cc2N)CC1. The summed E-state index contributed by atoms with van der Waals surface area (Å²) < 4.78 is 0. The first-order chi connectivity index (χ1) is 8.19. The van der Waals surface area contributed by atoms with Crippen LogP contribution in [-0.4, -0.2) is 36.1 Å². The number of likely N-dealkylation sites (tertiary alicyclic amines) is 1. The van der Waals surface area contributed by atoms with Gasteiger partial charge >= 0.3 is 0 Å². The number of hydrogen-bond acceptors (Lipinski definition) is 5. The summed E-state index contributed by atoms with van der Waals surface area (Å²) >= 11 is 0. The number of nitrogens with two attached hydrogens (primary N) is 1. The van der Waals surface area contributed by atoms with E-state index < -0.39 is 0 Å². The number of hydrogen-bond donors (Lipinski definition) is 2. The van der Waals surface area contributed by atoms with Crippen LogP contribution >= 0.6 is 0 Å². The van der Waals surface area contributed by atoms with Crippen molar-refractivity contribution in [1.29, 1.82) is 5.26 Å². The van der Waals surface area contributed by atoms with Crippen molar-refractivity contribution in [1.82, 2.24) is 9.88 Å². The molecular formula is C12H17N5. The quantitative estimate of drug-likeness (QED) is 0.795. The molecule has 1 saturated heterocycles. The largest absolute Gasteiger partial charge is 0.396 e. The number of nitrogens with one attached hydrogen (secondary N) is 1. The van der Waals surface area contributed by atoms with Crippen molar-refractivity contribution in [2.75, 3.05) is 31.2 Å². The molecule has 0 aliphatic carbocycles. The average molecular weight is 231 g/mol. The Hall–Kier alpha value is -1.80. The van der Waals surface area contributed by atoms with Gasteiger partial charge in [-0.2, -0.15) is 5.26 Å². The number of anilines is 2. The van der Waals surface area contributed by atoms with E-state index >= 15 is 0 Å². The Kier molecular flexibility index (Phi) is 3.45. The van der Waals surface area contributed by atoms with E-state index in [0.717, 1.165) is 25.9 Å². The van der Waals surface area contributed by atoms with Gasteiger partial charge in [0, 0.05) is 12.2 Å². The molecule has 0 bridgehead atoms. The van der Waals surface area contributed by atoms with E-state index in [9.17, 15) is 0 Å². The number of rotatable bonds is 2. The summed E-state index contributed by atoms with van der Waals surface area (Å²) in [5.41, 5.74) is 6.90. The lowest BCUT2D eigenvalue weighted by atomic mass is 10.1. The van der Waals surface area contributed by atoms with Gasteiger partial charge in [0.2, 0.25) is 0 Å². The molecule has 0 spiro atoms. The number of pyridine rings is 1. The standard InChI is InChI=1S/C12H17N5/c1-17-4-2-10(3-5-17)16-12-11(14)6-9(7-13)8-15-12/h6,8,10H,2-5,14H2,1H3,(H,15,16). The monoisotopic (exact) mass is 231 g/mol. The molecule has 1 aliphatic heterocycles. The summed E-state index contributed by atoms with van der Waals surface area (Å²) in [6.07, 6.45) is 3.74. The van der Waals surface area contributed by atoms with Gasteiger partial charge in [-0.15, -0.1) is 0 Å². The smallest absolute Gasteiger partial charge is 0.149 e. The predicted molar refractivity (Wildman–Crippen MR) is 67.5 cm³/mol. The topological polar surface area (TPSA) is 78.0 Å². The average Bonchev–Trinajstić information content (AvgIpc) is 2.34. The van der Waals surface area contributed by atoms with Crippen molar-refractivity contribution >= 4 is 11.5 Å². The summed E-state index contributed by atoms with van der Waals surface area (Å²) in [6, 6.07) is 4.11. The Bertz CT molecular complexity index is 429. The Balaban J connectivity index is 2.02. The second-order valence-corrected chi connectivity index (χ2v) is 4.50. The van der Waals surface area contributed by atoms with Gasteiger partial charge in [0.25, 0.3) is 0 Å². The van der Waals surface area contributed by atoms with Gasteiger partial charge < -0.3 is 16.0 Å². The molecule has 0 atom stereocenters. The Morgan fingerprint density at radius 2 is 2.24 bits per heavy atom. The molecule has 0 saturated carbocycles. The summed E-state index contributed by atoms with van der Waals surface area (Å²) in [7, 11) is 2.13. The van der Waals surface area contributed by atoms with E-state index in [1.54, 1.807) is 12.3 Å². The summed E-state index contributed by atoms with van der Waals surface area (Å²) in [5, 5.41) is 12.1. The number of aromatic nitrogens is 1. The number of piperidine rings is 1. The van der Waals surface area contributed by atoms with Crippen molar-refractivity contribution in [3.63, 3.8) is 0 Å². The zero-order valence-electron chi connectivity index (χ0n) is 9.98. The predicted octanol–water partition coefficient (Wildman–Crippen LogP) is 1.04. The maximum Gasteiger partial charge on any atom is 0.149 e. The van der Waals surface area contributed by atoms with Crippen LogP contribution in [0.2, 0.25) is 0 Å². The zero-order chi connectivity index (χ0) is 12.3. The van der Waals surface area contributed by atoms with Crippen LogP contribution in [-0.2, 0) is 0 Å². The molecule has 2 rings (SSSR count). The highest BCUT2D eigenvalue weighted by Gasteiger charge is 2.17. The molecule has 0 amide bonds. The third-order valence-electron chi connectivity index (χ3n) is 3.11. The van der Waals surface area contributed by atoms with Crippen LogP contribution in [0.1, 0.15) is 18.4 Å². The van der Waals surface area contributed by atoms with Crippen LogP contribution < -0.4 is 11.1 Å². The molecule has 1 aliphatic rings. The van der Waals surface area contributed by atoms with Crippen LogP contribution in [0.15, 0.2) is 12.3 Å². The molecule has 3 N–H and O–H groups in total. The highest BCUT2D eigenvalue weighted by Crippen LogP contribution is 2.20. The molecule has 5 heteroatoms. The van der Waals surface area contributed by atoms with Gasteiger partial charge in [0.15, 0.2) is 0 Å². The van der Waals surface area contributed by atoms with Crippen molar-refractivity contribution in [3.05, 3.63) is 17.8 Å². The fourth-order valence-electron chi connectivity index (χ4n) is 2.01. The molecule has 5 nitrogen and oxygen atoms in total. The molecule has 90 valence electrons. The maximum atomic E-state index is 8.73. The lowest BCUT2D eigenvalue weighted by Crippen LogP contribution is -2.37. The first kappa shape index (κ1) is 11.7. The number of nitriles is 1. The fraction of sp³-hybridized carbons (Fsp3) is 0.500. The van der Waals surface area contributed by atoms with E-state index in [-0.39, 0.29) is 0 Å². The van der Waals surface area contributed by atoms with Crippen LogP contribution in [0.4, 0.5) is 11.5 Å². The second-order valence-electron chi connectivity index (χ2n) is 4.50. The van der Waals surface area contributed by atoms with Crippen LogP contribution in [0.3, 0.4) is 0 Å². The molecule has 1 fully saturated rings. The van der Waals surface area contributed by atoms with Gasteiger partial charge in [-0.1, -0.05) is 0 Å². The molecule has 17 heavy (non-hydrogen) atoms. The summed E-state index contributed by atoms with van der Waals surface area (Å²) in [5.74, 6) is 0.693. The van der Waals surface area contributed by atoms with Crippen LogP contribution in [0.25, 0.3) is 0 Å². The number of nitrogens with zero attached hydrogens (tertiary/aromatic N) is 3. The first-order valence-corrected chi connectivity index (χ1v) is 5.79. The van der Waals surface area contributed by atoms with Crippen LogP contribution in [0.5, 0.6) is 0 Å². The molecule has 1 aromatic heterocycles. The normalized spacial score (nSPS) is 17.6. The molecule has 0 radical (unpaired) electrons. The van der Waals surface area contributed by atoms with Crippen molar-refractivity contribution in [2.45, 2.75) is 18.9 Å². The zero-order valence-corrected chi connectivity index (χ0v) is 9.98. The second kappa shape index (κ2) is 5.02.